The third kappa shape index (κ3) is 4.18. The van der Waals surface area contributed by atoms with Crippen LogP contribution in [0.25, 0.3) is 0 Å². The minimum absolute atomic E-state index is 0.130. The number of pyridine rings is 1. The van der Waals surface area contributed by atoms with Crippen molar-refractivity contribution in [2.45, 2.75) is 36.8 Å². The van der Waals surface area contributed by atoms with E-state index in [0.717, 1.165) is 28.2 Å². The van der Waals surface area contributed by atoms with Gasteiger partial charge in [-0.15, -0.1) is 11.8 Å². The Morgan fingerprint density at radius 1 is 1.53 bits per heavy atom. The molecule has 1 aromatic heterocycles. The van der Waals surface area contributed by atoms with E-state index in [2.05, 4.69) is 33.2 Å². The molecule has 0 spiro atoms. The van der Waals surface area contributed by atoms with Gasteiger partial charge in [-0.1, -0.05) is 6.92 Å². The van der Waals surface area contributed by atoms with Crippen LogP contribution in [-0.2, 0) is 0 Å². The second kappa shape index (κ2) is 7.07. The first-order chi connectivity index (χ1) is 9.20. The molecule has 3 nitrogen and oxygen atoms in total. The molecule has 1 fully saturated rings. The fourth-order valence-electron chi connectivity index (χ4n) is 2.20. The summed E-state index contributed by atoms with van der Waals surface area (Å²) in [5.74, 6) is 1.50. The maximum Gasteiger partial charge on any atom is 0.0961 e. The molecule has 0 aromatic carbocycles. The zero-order valence-electron chi connectivity index (χ0n) is 11.2. The Balaban J connectivity index is 1.97. The highest BCUT2D eigenvalue weighted by Crippen LogP contribution is 2.42. The first-order valence-electron chi connectivity index (χ1n) is 6.80. The first kappa shape index (κ1) is 15.3. The number of thioether (sulfide) groups is 1. The maximum atomic E-state index is 9.83. The van der Waals surface area contributed by atoms with E-state index in [-0.39, 0.29) is 12.1 Å². The standard InChI is InChI=1S/C14H21BrN2OS/c1-2-7-17-14(9-18,11-3-4-11)10-19-13-6-5-12(15)8-16-13/h5-6,8,11,17-18H,2-4,7,9-10H2,1H3. The summed E-state index contributed by atoms with van der Waals surface area (Å²) in [7, 11) is 0. The van der Waals surface area contributed by atoms with Crippen molar-refractivity contribution in [1.29, 1.82) is 0 Å². The second-order valence-electron chi connectivity index (χ2n) is 5.12. The van der Waals surface area contributed by atoms with Gasteiger partial charge >= 0.3 is 0 Å². The highest BCUT2D eigenvalue weighted by atomic mass is 79.9. The van der Waals surface area contributed by atoms with Crippen molar-refractivity contribution in [3.63, 3.8) is 0 Å². The van der Waals surface area contributed by atoms with Crippen molar-refractivity contribution in [3.8, 4) is 0 Å². The number of hydrogen-bond donors (Lipinski definition) is 2. The van der Waals surface area contributed by atoms with Crippen LogP contribution in [0.5, 0.6) is 0 Å². The molecule has 0 aliphatic heterocycles. The molecule has 1 saturated carbocycles. The van der Waals surface area contributed by atoms with Crippen molar-refractivity contribution in [2.24, 2.45) is 5.92 Å². The molecule has 5 heteroatoms. The number of nitrogens with one attached hydrogen (secondary N) is 1. The van der Waals surface area contributed by atoms with Crippen LogP contribution in [0, 0.1) is 5.92 Å². The van der Waals surface area contributed by atoms with E-state index in [9.17, 15) is 5.11 Å². The molecule has 1 aliphatic rings. The molecule has 0 radical (unpaired) electrons. The summed E-state index contributed by atoms with van der Waals surface area (Å²) < 4.78 is 0.997. The van der Waals surface area contributed by atoms with Gasteiger partial charge in [-0.25, -0.2) is 4.98 Å². The van der Waals surface area contributed by atoms with Gasteiger partial charge in [-0.05, 0) is 59.8 Å². The SMILES string of the molecule is CCCNC(CO)(CSc1ccc(Br)cn1)C1CC1. The average molecular weight is 345 g/mol. The minimum Gasteiger partial charge on any atom is -0.394 e. The Morgan fingerprint density at radius 3 is 2.84 bits per heavy atom. The molecule has 1 atom stereocenters. The summed E-state index contributed by atoms with van der Waals surface area (Å²) >= 11 is 5.12. The van der Waals surface area contributed by atoms with Gasteiger partial charge in [-0.2, -0.15) is 0 Å². The lowest BCUT2D eigenvalue weighted by Gasteiger charge is -2.33. The van der Waals surface area contributed by atoms with Crippen LogP contribution in [0.2, 0.25) is 0 Å². The summed E-state index contributed by atoms with van der Waals surface area (Å²) in [5, 5.41) is 14.4. The van der Waals surface area contributed by atoms with Gasteiger partial charge in [-0.3, -0.25) is 0 Å². The Hall–Kier alpha value is -0.100. The molecule has 0 saturated heterocycles. The number of halogens is 1. The summed E-state index contributed by atoms with van der Waals surface area (Å²) in [6, 6.07) is 4.02. The lowest BCUT2D eigenvalue weighted by atomic mass is 9.96. The number of nitrogens with zero attached hydrogens (tertiary/aromatic N) is 1. The topological polar surface area (TPSA) is 45.1 Å². The van der Waals surface area contributed by atoms with Crippen LogP contribution in [0.3, 0.4) is 0 Å². The highest BCUT2D eigenvalue weighted by Gasteiger charge is 2.44. The number of aromatic nitrogens is 1. The van der Waals surface area contributed by atoms with Crippen LogP contribution in [-0.4, -0.2) is 34.5 Å². The lowest BCUT2D eigenvalue weighted by molar-refractivity contribution is 0.159. The molecular weight excluding hydrogens is 324 g/mol. The molecule has 1 aromatic rings. The molecule has 1 aliphatic carbocycles. The smallest absolute Gasteiger partial charge is 0.0961 e. The summed E-state index contributed by atoms with van der Waals surface area (Å²) in [5.41, 5.74) is -0.130. The Kier molecular flexibility index (Phi) is 5.69. The molecule has 0 bridgehead atoms. The summed E-state index contributed by atoms with van der Waals surface area (Å²) in [4.78, 5) is 4.38. The minimum atomic E-state index is -0.130. The number of aliphatic hydroxyl groups is 1. The summed E-state index contributed by atoms with van der Waals surface area (Å²) in [6.45, 7) is 3.33. The van der Waals surface area contributed by atoms with Crippen LogP contribution >= 0.6 is 27.7 Å². The van der Waals surface area contributed by atoms with Gasteiger partial charge in [0, 0.05) is 16.4 Å². The molecule has 1 unspecified atom stereocenters. The largest absolute Gasteiger partial charge is 0.394 e. The van der Waals surface area contributed by atoms with Gasteiger partial charge in [0.05, 0.1) is 17.2 Å². The fourth-order valence-corrected chi connectivity index (χ4v) is 3.56. The highest BCUT2D eigenvalue weighted by molar-refractivity contribution is 9.10. The predicted octanol–water partition coefficient (Wildman–Crippen LogP) is 3.08. The second-order valence-corrected chi connectivity index (χ2v) is 7.03. The van der Waals surface area contributed by atoms with E-state index in [1.807, 2.05) is 18.3 Å². The van der Waals surface area contributed by atoms with E-state index >= 15 is 0 Å². The van der Waals surface area contributed by atoms with E-state index in [4.69, 9.17) is 0 Å². The zero-order chi connectivity index (χ0) is 13.7. The third-order valence-electron chi connectivity index (χ3n) is 3.55. The van der Waals surface area contributed by atoms with Gasteiger partial charge < -0.3 is 10.4 Å². The van der Waals surface area contributed by atoms with Crippen molar-refractivity contribution in [3.05, 3.63) is 22.8 Å². The summed E-state index contributed by atoms with van der Waals surface area (Å²) in [6.07, 6.45) is 5.37. The number of aliphatic hydroxyl groups excluding tert-OH is 1. The van der Waals surface area contributed by atoms with Gasteiger partial charge in [0.1, 0.15) is 0 Å². The Labute approximate surface area is 127 Å². The third-order valence-corrected chi connectivity index (χ3v) is 5.21. The average Bonchev–Trinajstić information content (AvgIpc) is 3.26. The molecule has 2 N–H and O–H groups in total. The van der Waals surface area contributed by atoms with Crippen LogP contribution in [0.15, 0.2) is 27.8 Å². The number of rotatable bonds is 8. The molecule has 0 amide bonds. The van der Waals surface area contributed by atoms with Crippen molar-refractivity contribution >= 4 is 27.7 Å². The first-order valence-corrected chi connectivity index (χ1v) is 8.58. The maximum absolute atomic E-state index is 9.83. The van der Waals surface area contributed by atoms with Crippen LogP contribution < -0.4 is 5.32 Å². The van der Waals surface area contributed by atoms with E-state index in [1.54, 1.807) is 11.8 Å². The van der Waals surface area contributed by atoms with Crippen LogP contribution in [0.1, 0.15) is 26.2 Å². The Morgan fingerprint density at radius 2 is 2.32 bits per heavy atom. The zero-order valence-corrected chi connectivity index (χ0v) is 13.6. The molecule has 19 heavy (non-hydrogen) atoms. The van der Waals surface area contributed by atoms with Gasteiger partial charge in [0.25, 0.3) is 0 Å². The van der Waals surface area contributed by atoms with Crippen LogP contribution in [0.4, 0.5) is 0 Å². The van der Waals surface area contributed by atoms with E-state index in [1.165, 1.54) is 12.8 Å². The normalized spacial score (nSPS) is 18.3. The van der Waals surface area contributed by atoms with Gasteiger partial charge in [0.15, 0.2) is 0 Å². The molecule has 2 rings (SSSR count). The van der Waals surface area contributed by atoms with Crippen molar-refractivity contribution in [2.75, 3.05) is 18.9 Å². The van der Waals surface area contributed by atoms with Gasteiger partial charge in [0.2, 0.25) is 0 Å². The fraction of sp³-hybridized carbons (Fsp3) is 0.643. The lowest BCUT2D eigenvalue weighted by Crippen LogP contribution is -2.53. The van der Waals surface area contributed by atoms with Crippen molar-refractivity contribution in [1.82, 2.24) is 10.3 Å². The van der Waals surface area contributed by atoms with E-state index in [0.29, 0.717) is 5.92 Å². The van der Waals surface area contributed by atoms with E-state index < -0.39 is 0 Å². The monoisotopic (exact) mass is 344 g/mol. The molecule has 106 valence electrons. The predicted molar refractivity (Wildman–Crippen MR) is 83.5 cm³/mol. The molecular formula is C14H21BrN2OS. The number of hydrogen-bond acceptors (Lipinski definition) is 4. The Bertz CT molecular complexity index is 397. The quantitative estimate of drug-likeness (QED) is 0.711. The van der Waals surface area contributed by atoms with Crippen molar-refractivity contribution < 1.29 is 5.11 Å². The molecule has 1 heterocycles.